The van der Waals surface area contributed by atoms with Crippen LogP contribution in [0.15, 0.2) is 24.3 Å². The van der Waals surface area contributed by atoms with Crippen molar-refractivity contribution in [3.63, 3.8) is 0 Å². The topological polar surface area (TPSA) is 38.5 Å². The zero-order valence-electron chi connectivity index (χ0n) is 9.10. The maximum absolute atomic E-state index is 6.33. The minimum Gasteiger partial charge on any atom is -0.485 e. The maximum atomic E-state index is 6.33. The summed E-state index contributed by atoms with van der Waals surface area (Å²) in [6.45, 7) is 1.87. The molecule has 0 radical (unpaired) electrons. The fourth-order valence-electron chi connectivity index (χ4n) is 2.68. The van der Waals surface area contributed by atoms with Gasteiger partial charge in [-0.2, -0.15) is 0 Å². The van der Waals surface area contributed by atoms with Gasteiger partial charge in [0.1, 0.15) is 11.4 Å². The summed E-state index contributed by atoms with van der Waals surface area (Å²) in [7, 11) is 0. The van der Waals surface area contributed by atoms with Crippen LogP contribution in [0.3, 0.4) is 0 Å². The number of thiol groups is 1. The molecule has 16 heavy (non-hydrogen) atoms. The Labute approximate surface area is 101 Å². The molecular formula is C12H16N2OS. The van der Waals surface area contributed by atoms with Crippen LogP contribution >= 0.6 is 12.8 Å². The summed E-state index contributed by atoms with van der Waals surface area (Å²) in [5.74, 6) is 0.961. The molecule has 2 N–H and O–H groups in total. The number of fused-ring (bicyclic) bond motifs is 1. The lowest BCUT2D eigenvalue weighted by atomic mass is 9.84. The van der Waals surface area contributed by atoms with Crippen LogP contribution in [0.2, 0.25) is 0 Å². The van der Waals surface area contributed by atoms with Gasteiger partial charge in [0, 0.05) is 31.5 Å². The molecule has 2 aliphatic rings. The molecule has 0 aromatic heterocycles. The lowest BCUT2D eigenvalue weighted by Gasteiger charge is -2.39. The smallest absolute Gasteiger partial charge is 0.131 e. The SMILES string of the molecule is N[C@@H]1c2ccccc2OC12CCN(S)CC2. The van der Waals surface area contributed by atoms with Crippen LogP contribution in [0.5, 0.6) is 5.75 Å². The van der Waals surface area contributed by atoms with Gasteiger partial charge in [0.15, 0.2) is 0 Å². The molecule has 3 nitrogen and oxygen atoms in total. The second-order valence-electron chi connectivity index (χ2n) is 4.64. The average molecular weight is 236 g/mol. The van der Waals surface area contributed by atoms with Crippen molar-refractivity contribution in [3.8, 4) is 5.75 Å². The van der Waals surface area contributed by atoms with Crippen molar-refractivity contribution >= 4 is 12.8 Å². The summed E-state index contributed by atoms with van der Waals surface area (Å²) >= 11 is 4.37. The second kappa shape index (κ2) is 3.65. The maximum Gasteiger partial charge on any atom is 0.131 e. The molecule has 1 saturated heterocycles. The molecule has 0 unspecified atom stereocenters. The van der Waals surface area contributed by atoms with Crippen LogP contribution in [0.25, 0.3) is 0 Å². The van der Waals surface area contributed by atoms with E-state index in [9.17, 15) is 0 Å². The third-order valence-corrected chi connectivity index (χ3v) is 4.12. The fourth-order valence-corrected chi connectivity index (χ4v) is 2.88. The monoisotopic (exact) mass is 236 g/mol. The van der Waals surface area contributed by atoms with Crippen LogP contribution in [0.1, 0.15) is 24.4 Å². The molecular weight excluding hydrogens is 220 g/mol. The van der Waals surface area contributed by atoms with E-state index in [0.29, 0.717) is 0 Å². The quantitative estimate of drug-likeness (QED) is 0.674. The zero-order chi connectivity index (χ0) is 11.2. The molecule has 86 valence electrons. The number of para-hydroxylation sites is 1. The summed E-state index contributed by atoms with van der Waals surface area (Å²) in [6, 6.07) is 8.11. The first-order valence-electron chi connectivity index (χ1n) is 5.69. The summed E-state index contributed by atoms with van der Waals surface area (Å²) in [5.41, 5.74) is 7.29. The van der Waals surface area contributed by atoms with Gasteiger partial charge in [0.2, 0.25) is 0 Å². The van der Waals surface area contributed by atoms with Crippen LogP contribution < -0.4 is 10.5 Å². The van der Waals surface area contributed by atoms with E-state index in [0.717, 1.165) is 37.2 Å². The van der Waals surface area contributed by atoms with E-state index in [1.165, 1.54) is 0 Å². The third-order valence-electron chi connectivity index (χ3n) is 3.72. The van der Waals surface area contributed by atoms with Crippen LogP contribution in [-0.2, 0) is 0 Å². The van der Waals surface area contributed by atoms with Crippen molar-refractivity contribution in [2.45, 2.75) is 24.5 Å². The minimum absolute atomic E-state index is 0.00531. The van der Waals surface area contributed by atoms with Crippen molar-refractivity contribution in [2.75, 3.05) is 13.1 Å². The Morgan fingerprint density at radius 1 is 1.31 bits per heavy atom. The van der Waals surface area contributed by atoms with Gasteiger partial charge in [-0.15, -0.1) is 0 Å². The number of nitrogens with two attached hydrogens (primary N) is 1. The van der Waals surface area contributed by atoms with Gasteiger partial charge < -0.3 is 10.5 Å². The summed E-state index contributed by atoms with van der Waals surface area (Å²) in [6.07, 6.45) is 1.90. The number of nitrogens with zero attached hydrogens (tertiary/aromatic N) is 1. The Balaban J connectivity index is 1.91. The van der Waals surface area contributed by atoms with E-state index in [1.807, 2.05) is 22.5 Å². The highest BCUT2D eigenvalue weighted by atomic mass is 32.1. The summed E-state index contributed by atoms with van der Waals surface area (Å²) in [5, 5.41) is 0. The van der Waals surface area contributed by atoms with E-state index in [2.05, 4.69) is 18.9 Å². The molecule has 0 amide bonds. The Kier molecular flexibility index (Phi) is 2.38. The molecule has 0 bridgehead atoms. The van der Waals surface area contributed by atoms with Crippen molar-refractivity contribution in [1.82, 2.24) is 4.31 Å². The molecule has 1 spiro atoms. The first-order chi connectivity index (χ1) is 7.71. The van der Waals surface area contributed by atoms with Gasteiger partial charge in [-0.1, -0.05) is 31.0 Å². The van der Waals surface area contributed by atoms with E-state index < -0.39 is 0 Å². The molecule has 0 saturated carbocycles. The molecule has 4 heteroatoms. The largest absolute Gasteiger partial charge is 0.485 e. The van der Waals surface area contributed by atoms with E-state index >= 15 is 0 Å². The molecule has 1 atom stereocenters. The second-order valence-corrected chi connectivity index (χ2v) is 5.20. The number of rotatable bonds is 0. The van der Waals surface area contributed by atoms with Gasteiger partial charge in [0.05, 0.1) is 6.04 Å². The first kappa shape index (κ1) is 10.4. The lowest BCUT2D eigenvalue weighted by Crippen LogP contribution is -2.49. The predicted molar refractivity (Wildman–Crippen MR) is 66.5 cm³/mol. The van der Waals surface area contributed by atoms with Crippen molar-refractivity contribution in [2.24, 2.45) is 5.73 Å². The summed E-state index contributed by atoms with van der Waals surface area (Å²) in [4.78, 5) is 0. The standard InChI is InChI=1S/C12H16N2OS/c13-11-9-3-1-2-4-10(9)15-12(11)5-7-14(16)8-6-12/h1-4,11,16H,5-8,13H2/t11-/m1/s1. The zero-order valence-corrected chi connectivity index (χ0v) is 9.99. The van der Waals surface area contributed by atoms with Crippen LogP contribution in [0, 0.1) is 0 Å². The number of piperidine rings is 1. The first-order valence-corrected chi connectivity index (χ1v) is 6.09. The minimum atomic E-state index is -0.192. The van der Waals surface area contributed by atoms with Crippen LogP contribution in [-0.4, -0.2) is 23.0 Å². The molecule has 1 aromatic carbocycles. The average Bonchev–Trinajstić information content (AvgIpc) is 2.58. The third kappa shape index (κ3) is 1.44. The Bertz CT molecular complexity index is 402. The highest BCUT2D eigenvalue weighted by Crippen LogP contribution is 2.46. The Morgan fingerprint density at radius 2 is 2.00 bits per heavy atom. The van der Waals surface area contributed by atoms with E-state index in [4.69, 9.17) is 10.5 Å². The molecule has 0 aliphatic carbocycles. The normalized spacial score (nSPS) is 27.8. The van der Waals surface area contributed by atoms with Gasteiger partial charge in [-0.3, -0.25) is 4.31 Å². The molecule has 2 aliphatic heterocycles. The van der Waals surface area contributed by atoms with E-state index in [-0.39, 0.29) is 11.6 Å². The van der Waals surface area contributed by atoms with Gasteiger partial charge >= 0.3 is 0 Å². The molecule has 2 heterocycles. The number of hydrogen-bond donors (Lipinski definition) is 2. The number of hydrogen-bond acceptors (Lipinski definition) is 4. The molecule has 3 rings (SSSR count). The Morgan fingerprint density at radius 3 is 2.69 bits per heavy atom. The highest BCUT2D eigenvalue weighted by Gasteiger charge is 2.47. The predicted octanol–water partition coefficient (Wildman–Crippen LogP) is 1.76. The van der Waals surface area contributed by atoms with Crippen molar-refractivity contribution in [1.29, 1.82) is 0 Å². The molecule has 1 fully saturated rings. The van der Waals surface area contributed by atoms with Crippen molar-refractivity contribution < 1.29 is 4.74 Å². The van der Waals surface area contributed by atoms with Crippen molar-refractivity contribution in [3.05, 3.63) is 29.8 Å². The summed E-state index contributed by atoms with van der Waals surface area (Å²) < 4.78 is 8.14. The van der Waals surface area contributed by atoms with Gasteiger partial charge in [-0.25, -0.2) is 0 Å². The highest BCUT2D eigenvalue weighted by molar-refractivity contribution is 7.77. The fraction of sp³-hybridized carbons (Fsp3) is 0.500. The van der Waals surface area contributed by atoms with Crippen LogP contribution in [0.4, 0.5) is 0 Å². The number of benzene rings is 1. The number of ether oxygens (including phenoxy) is 1. The lowest BCUT2D eigenvalue weighted by molar-refractivity contribution is 0.0219. The van der Waals surface area contributed by atoms with Gasteiger partial charge in [-0.05, 0) is 6.07 Å². The Hall–Kier alpha value is -0.710. The molecule has 1 aromatic rings. The van der Waals surface area contributed by atoms with Gasteiger partial charge in [0.25, 0.3) is 0 Å². The van der Waals surface area contributed by atoms with E-state index in [1.54, 1.807) is 0 Å².